The normalized spacial score (nSPS) is 23.2. The molecule has 0 radical (unpaired) electrons. The lowest BCUT2D eigenvalue weighted by molar-refractivity contribution is -0.133. The minimum atomic E-state index is 0.103. The quantitative estimate of drug-likeness (QED) is 0.935. The zero-order chi connectivity index (χ0) is 15.7. The summed E-state index contributed by atoms with van der Waals surface area (Å²) in [5.74, 6) is 0.225. The van der Waals surface area contributed by atoms with E-state index in [-0.39, 0.29) is 11.3 Å². The van der Waals surface area contributed by atoms with E-state index in [1.165, 1.54) is 11.3 Å². The molecule has 1 spiro atoms. The Morgan fingerprint density at radius 1 is 1.30 bits per heavy atom. The molecule has 2 aromatic heterocycles. The van der Waals surface area contributed by atoms with Crippen LogP contribution in [0.25, 0.3) is 0 Å². The molecular formula is C17H21N5O. The summed E-state index contributed by atoms with van der Waals surface area (Å²) in [5, 5.41) is 7.38. The Morgan fingerprint density at radius 2 is 2.26 bits per heavy atom. The van der Waals surface area contributed by atoms with E-state index in [1.807, 2.05) is 11.1 Å². The van der Waals surface area contributed by atoms with E-state index in [9.17, 15) is 4.79 Å². The molecule has 0 bridgehead atoms. The van der Waals surface area contributed by atoms with Crippen LogP contribution in [-0.4, -0.2) is 44.1 Å². The monoisotopic (exact) mass is 311 g/mol. The van der Waals surface area contributed by atoms with E-state index in [0.29, 0.717) is 12.8 Å². The Hall–Kier alpha value is -2.24. The Balaban J connectivity index is 1.43. The van der Waals surface area contributed by atoms with Gasteiger partial charge in [0, 0.05) is 49.2 Å². The molecular weight excluding hydrogens is 290 g/mol. The zero-order valence-electron chi connectivity index (χ0n) is 13.2. The van der Waals surface area contributed by atoms with Crippen molar-refractivity contribution in [2.45, 2.75) is 43.9 Å². The number of hydrogen-bond acceptors (Lipinski definition) is 4. The number of carbonyl (C=O) groups excluding carboxylic acids is 1. The van der Waals surface area contributed by atoms with Gasteiger partial charge in [0.05, 0.1) is 11.9 Å². The van der Waals surface area contributed by atoms with Crippen LogP contribution in [0.15, 0.2) is 24.8 Å². The molecule has 1 unspecified atom stereocenters. The van der Waals surface area contributed by atoms with Crippen LogP contribution in [-0.2, 0) is 23.1 Å². The van der Waals surface area contributed by atoms with Crippen molar-refractivity contribution in [1.82, 2.24) is 25.1 Å². The third-order valence-corrected chi connectivity index (χ3v) is 5.26. The number of H-pyrrole nitrogens is 1. The smallest absolute Gasteiger partial charge is 0.222 e. The van der Waals surface area contributed by atoms with Crippen LogP contribution < -0.4 is 0 Å². The number of aromatic nitrogens is 4. The number of piperidine rings is 1. The van der Waals surface area contributed by atoms with Crippen LogP contribution in [0.5, 0.6) is 0 Å². The van der Waals surface area contributed by atoms with Gasteiger partial charge in [-0.2, -0.15) is 5.10 Å². The number of rotatable bonds is 3. The van der Waals surface area contributed by atoms with E-state index >= 15 is 0 Å². The molecule has 6 heteroatoms. The Morgan fingerprint density at radius 3 is 3.13 bits per heavy atom. The number of aryl methyl sites for hydroxylation is 2. The molecule has 1 aliphatic carbocycles. The van der Waals surface area contributed by atoms with Gasteiger partial charge in [-0.3, -0.25) is 19.9 Å². The topological polar surface area (TPSA) is 74.8 Å². The van der Waals surface area contributed by atoms with Gasteiger partial charge in [0.2, 0.25) is 5.91 Å². The second-order valence-electron chi connectivity index (χ2n) is 6.67. The second kappa shape index (κ2) is 5.76. The lowest BCUT2D eigenvalue weighted by atomic mass is 9.77. The number of carbonyl (C=O) groups is 1. The number of aromatic amines is 1. The van der Waals surface area contributed by atoms with Gasteiger partial charge in [0.15, 0.2) is 0 Å². The maximum atomic E-state index is 12.6. The molecule has 1 aliphatic heterocycles. The van der Waals surface area contributed by atoms with Gasteiger partial charge in [-0.1, -0.05) is 0 Å². The van der Waals surface area contributed by atoms with E-state index in [2.05, 4.69) is 20.2 Å². The third-order valence-electron chi connectivity index (χ3n) is 5.26. The molecule has 0 saturated carbocycles. The van der Waals surface area contributed by atoms with Crippen LogP contribution in [0.3, 0.4) is 0 Å². The van der Waals surface area contributed by atoms with Crippen LogP contribution in [0.4, 0.5) is 0 Å². The fourth-order valence-corrected chi connectivity index (χ4v) is 4.06. The molecule has 120 valence electrons. The van der Waals surface area contributed by atoms with Crippen molar-refractivity contribution in [2.24, 2.45) is 0 Å². The van der Waals surface area contributed by atoms with Crippen molar-refractivity contribution in [3.05, 3.63) is 41.7 Å². The standard InChI is InChI=1S/C17H21N5O/c23-15(3-2-14-11-18-7-8-19-14)22-9-1-5-17(12-22)6-4-13-10-20-21-16(13)17/h7-8,10-11H,1-6,9,12H2,(H,20,21). The molecule has 23 heavy (non-hydrogen) atoms. The molecule has 2 aromatic rings. The Kier molecular flexibility index (Phi) is 3.59. The van der Waals surface area contributed by atoms with Gasteiger partial charge in [0.25, 0.3) is 0 Å². The van der Waals surface area contributed by atoms with Gasteiger partial charge >= 0.3 is 0 Å². The van der Waals surface area contributed by atoms with Gasteiger partial charge in [0.1, 0.15) is 0 Å². The Bertz CT molecular complexity index is 698. The largest absolute Gasteiger partial charge is 0.342 e. The van der Waals surface area contributed by atoms with Crippen molar-refractivity contribution in [3.63, 3.8) is 0 Å². The predicted octanol–water partition coefficient (Wildman–Crippen LogP) is 1.64. The molecule has 4 rings (SSSR count). The number of nitrogens with zero attached hydrogens (tertiary/aromatic N) is 4. The minimum Gasteiger partial charge on any atom is -0.342 e. The molecule has 1 amide bonds. The number of fused-ring (bicyclic) bond motifs is 2. The lowest BCUT2D eigenvalue weighted by Gasteiger charge is -2.40. The first-order valence-corrected chi connectivity index (χ1v) is 8.32. The highest BCUT2D eigenvalue weighted by Crippen LogP contribution is 2.43. The average molecular weight is 311 g/mol. The van der Waals surface area contributed by atoms with Gasteiger partial charge in [-0.05, 0) is 37.7 Å². The van der Waals surface area contributed by atoms with Crippen LogP contribution >= 0.6 is 0 Å². The van der Waals surface area contributed by atoms with Gasteiger partial charge in [-0.25, -0.2) is 0 Å². The SMILES string of the molecule is O=C(CCc1cnccn1)N1CCCC2(CCc3cn[nH]c32)C1. The van der Waals surface area contributed by atoms with Crippen LogP contribution in [0.1, 0.15) is 42.6 Å². The first kappa shape index (κ1) is 14.4. The van der Waals surface area contributed by atoms with Crippen molar-refractivity contribution in [3.8, 4) is 0 Å². The summed E-state index contributed by atoms with van der Waals surface area (Å²) in [6, 6.07) is 0. The fraction of sp³-hybridized carbons (Fsp3) is 0.529. The van der Waals surface area contributed by atoms with Crippen molar-refractivity contribution >= 4 is 5.91 Å². The number of hydrogen-bond donors (Lipinski definition) is 1. The van der Waals surface area contributed by atoms with Gasteiger partial charge in [-0.15, -0.1) is 0 Å². The molecule has 1 saturated heterocycles. The maximum absolute atomic E-state index is 12.6. The molecule has 3 heterocycles. The van der Waals surface area contributed by atoms with Crippen LogP contribution in [0.2, 0.25) is 0 Å². The molecule has 6 nitrogen and oxygen atoms in total. The summed E-state index contributed by atoms with van der Waals surface area (Å²) in [5.41, 5.74) is 3.58. The first-order chi connectivity index (χ1) is 11.3. The zero-order valence-corrected chi connectivity index (χ0v) is 13.2. The summed E-state index contributed by atoms with van der Waals surface area (Å²) in [6.07, 6.45) is 12.6. The third kappa shape index (κ3) is 2.62. The molecule has 1 fully saturated rings. The summed E-state index contributed by atoms with van der Waals surface area (Å²) in [4.78, 5) is 22.9. The van der Waals surface area contributed by atoms with Crippen molar-refractivity contribution in [1.29, 1.82) is 0 Å². The minimum absolute atomic E-state index is 0.103. The maximum Gasteiger partial charge on any atom is 0.222 e. The van der Waals surface area contributed by atoms with Crippen molar-refractivity contribution < 1.29 is 4.79 Å². The Labute approximate surface area is 135 Å². The second-order valence-corrected chi connectivity index (χ2v) is 6.67. The highest BCUT2D eigenvalue weighted by atomic mass is 16.2. The van der Waals surface area contributed by atoms with E-state index < -0.39 is 0 Å². The highest BCUT2D eigenvalue weighted by Gasteiger charge is 2.44. The molecule has 2 aliphatic rings. The lowest BCUT2D eigenvalue weighted by Crippen LogP contribution is -2.47. The predicted molar refractivity (Wildman–Crippen MR) is 84.8 cm³/mol. The van der Waals surface area contributed by atoms with Crippen LogP contribution in [0, 0.1) is 0 Å². The number of nitrogens with one attached hydrogen (secondary N) is 1. The summed E-state index contributed by atoms with van der Waals surface area (Å²) in [6.45, 7) is 1.69. The van der Waals surface area contributed by atoms with Crippen molar-refractivity contribution in [2.75, 3.05) is 13.1 Å². The van der Waals surface area contributed by atoms with Gasteiger partial charge < -0.3 is 4.90 Å². The fourth-order valence-electron chi connectivity index (χ4n) is 4.06. The first-order valence-electron chi connectivity index (χ1n) is 8.32. The molecule has 1 atom stereocenters. The molecule has 0 aromatic carbocycles. The molecule has 1 N–H and O–H groups in total. The number of likely N-dealkylation sites (tertiary alicyclic amines) is 1. The summed E-state index contributed by atoms with van der Waals surface area (Å²) < 4.78 is 0. The summed E-state index contributed by atoms with van der Waals surface area (Å²) in [7, 11) is 0. The number of amides is 1. The average Bonchev–Trinajstić information content (AvgIpc) is 3.19. The van der Waals surface area contributed by atoms with E-state index in [1.54, 1.807) is 18.6 Å². The van der Waals surface area contributed by atoms with E-state index in [0.717, 1.165) is 44.5 Å². The summed E-state index contributed by atoms with van der Waals surface area (Å²) >= 11 is 0. The highest BCUT2D eigenvalue weighted by molar-refractivity contribution is 5.76. The van der Waals surface area contributed by atoms with E-state index in [4.69, 9.17) is 0 Å².